The molecule has 15 heavy (non-hydrogen) atoms. The zero-order valence-corrected chi connectivity index (χ0v) is 9.71. The molecule has 88 valence electrons. The second-order valence-electron chi connectivity index (χ2n) is 4.46. The van der Waals surface area contributed by atoms with E-state index in [1.807, 2.05) is 6.92 Å². The summed E-state index contributed by atoms with van der Waals surface area (Å²) in [4.78, 5) is 11.3. The Hall–Kier alpha value is -0.570. The highest BCUT2D eigenvalue weighted by Crippen LogP contribution is 2.28. The molecular weight excluding hydrogens is 190 g/mol. The molecule has 1 saturated carbocycles. The zero-order valence-electron chi connectivity index (χ0n) is 9.71. The van der Waals surface area contributed by atoms with Crippen LogP contribution in [0.2, 0.25) is 0 Å². The lowest BCUT2D eigenvalue weighted by Gasteiger charge is -2.28. The van der Waals surface area contributed by atoms with Gasteiger partial charge in [-0.15, -0.1) is 0 Å². The maximum atomic E-state index is 11.3. The highest BCUT2D eigenvalue weighted by atomic mass is 16.5. The standard InChI is InChI=1S/C12H23NO2/c1-2-3-12(14)15-11-6-4-10(5-7-11)8-9-13/h10-11H,2-9,13H2,1H3. The lowest BCUT2D eigenvalue weighted by atomic mass is 9.85. The quantitative estimate of drug-likeness (QED) is 0.712. The van der Waals surface area contributed by atoms with Gasteiger partial charge in [0.25, 0.3) is 0 Å². The van der Waals surface area contributed by atoms with E-state index in [9.17, 15) is 4.79 Å². The van der Waals surface area contributed by atoms with Crippen molar-refractivity contribution < 1.29 is 9.53 Å². The third-order valence-corrected chi connectivity index (χ3v) is 3.12. The Bertz CT molecular complexity index is 186. The fraction of sp³-hybridized carbons (Fsp3) is 0.917. The molecule has 0 atom stereocenters. The summed E-state index contributed by atoms with van der Waals surface area (Å²) >= 11 is 0. The predicted molar refractivity (Wildman–Crippen MR) is 60.4 cm³/mol. The van der Waals surface area contributed by atoms with Gasteiger partial charge in [-0.1, -0.05) is 6.92 Å². The van der Waals surface area contributed by atoms with Crippen LogP contribution in [0.1, 0.15) is 51.9 Å². The molecule has 0 unspecified atom stereocenters. The normalized spacial score (nSPS) is 26.3. The SMILES string of the molecule is CCCC(=O)OC1CCC(CCN)CC1. The maximum absolute atomic E-state index is 11.3. The van der Waals surface area contributed by atoms with Crippen molar-refractivity contribution in [2.24, 2.45) is 11.7 Å². The van der Waals surface area contributed by atoms with E-state index in [1.54, 1.807) is 0 Å². The van der Waals surface area contributed by atoms with Crippen LogP contribution in [0.3, 0.4) is 0 Å². The molecule has 0 aromatic heterocycles. The van der Waals surface area contributed by atoms with Gasteiger partial charge in [-0.05, 0) is 51.0 Å². The van der Waals surface area contributed by atoms with E-state index < -0.39 is 0 Å². The molecule has 0 bridgehead atoms. The molecule has 3 nitrogen and oxygen atoms in total. The van der Waals surface area contributed by atoms with Crippen LogP contribution in [0.5, 0.6) is 0 Å². The molecule has 0 spiro atoms. The van der Waals surface area contributed by atoms with Gasteiger partial charge in [0.1, 0.15) is 6.10 Å². The average Bonchev–Trinajstić information content (AvgIpc) is 2.22. The Balaban J connectivity index is 2.16. The fourth-order valence-electron chi connectivity index (χ4n) is 2.22. The molecule has 0 radical (unpaired) electrons. The molecule has 1 aliphatic rings. The Morgan fingerprint density at radius 2 is 2.00 bits per heavy atom. The first kappa shape index (κ1) is 12.5. The number of hydrogen-bond acceptors (Lipinski definition) is 3. The van der Waals surface area contributed by atoms with Crippen molar-refractivity contribution >= 4 is 5.97 Å². The van der Waals surface area contributed by atoms with Crippen molar-refractivity contribution in [2.45, 2.75) is 58.0 Å². The lowest BCUT2D eigenvalue weighted by molar-refractivity contribution is -0.151. The summed E-state index contributed by atoms with van der Waals surface area (Å²) in [5, 5.41) is 0. The van der Waals surface area contributed by atoms with Gasteiger partial charge in [0.2, 0.25) is 0 Å². The third-order valence-electron chi connectivity index (χ3n) is 3.12. The third kappa shape index (κ3) is 4.65. The first-order chi connectivity index (χ1) is 7.26. The first-order valence-electron chi connectivity index (χ1n) is 6.15. The fourth-order valence-corrected chi connectivity index (χ4v) is 2.22. The van der Waals surface area contributed by atoms with Crippen molar-refractivity contribution in [3.63, 3.8) is 0 Å². The molecule has 0 aliphatic heterocycles. The van der Waals surface area contributed by atoms with Crippen molar-refractivity contribution in [3.8, 4) is 0 Å². The number of ether oxygens (including phenoxy) is 1. The monoisotopic (exact) mass is 213 g/mol. The van der Waals surface area contributed by atoms with Crippen LogP contribution in [-0.2, 0) is 9.53 Å². The molecule has 0 aromatic rings. The Morgan fingerprint density at radius 3 is 2.53 bits per heavy atom. The minimum Gasteiger partial charge on any atom is -0.462 e. The molecule has 0 heterocycles. The molecule has 1 fully saturated rings. The smallest absolute Gasteiger partial charge is 0.306 e. The summed E-state index contributed by atoms with van der Waals surface area (Å²) in [6, 6.07) is 0. The minimum atomic E-state index is -0.0280. The predicted octanol–water partition coefficient (Wildman–Crippen LogP) is 2.24. The molecular formula is C12H23NO2. The van der Waals surface area contributed by atoms with E-state index in [4.69, 9.17) is 10.5 Å². The molecule has 3 heteroatoms. The second-order valence-corrected chi connectivity index (χ2v) is 4.46. The van der Waals surface area contributed by atoms with Gasteiger partial charge >= 0.3 is 5.97 Å². The van der Waals surface area contributed by atoms with Crippen LogP contribution < -0.4 is 5.73 Å². The Labute approximate surface area is 92.4 Å². The van der Waals surface area contributed by atoms with E-state index in [2.05, 4.69) is 0 Å². The second kappa shape index (κ2) is 6.83. The number of hydrogen-bond donors (Lipinski definition) is 1. The molecule has 0 aromatic carbocycles. The van der Waals surface area contributed by atoms with E-state index in [-0.39, 0.29) is 12.1 Å². The zero-order chi connectivity index (χ0) is 11.1. The highest BCUT2D eigenvalue weighted by Gasteiger charge is 2.22. The van der Waals surface area contributed by atoms with Crippen LogP contribution >= 0.6 is 0 Å². The van der Waals surface area contributed by atoms with Gasteiger partial charge in [0.15, 0.2) is 0 Å². The summed E-state index contributed by atoms with van der Waals surface area (Å²) in [6.45, 7) is 2.78. The summed E-state index contributed by atoms with van der Waals surface area (Å²) in [5.74, 6) is 0.732. The van der Waals surface area contributed by atoms with Crippen molar-refractivity contribution in [3.05, 3.63) is 0 Å². The number of rotatable bonds is 5. The van der Waals surface area contributed by atoms with Crippen LogP contribution in [-0.4, -0.2) is 18.6 Å². The van der Waals surface area contributed by atoms with E-state index in [0.717, 1.165) is 38.1 Å². The largest absolute Gasteiger partial charge is 0.462 e. The Morgan fingerprint density at radius 1 is 1.33 bits per heavy atom. The summed E-state index contributed by atoms with van der Waals surface area (Å²) in [6.07, 6.45) is 7.13. The van der Waals surface area contributed by atoms with Crippen molar-refractivity contribution in [1.29, 1.82) is 0 Å². The van der Waals surface area contributed by atoms with E-state index >= 15 is 0 Å². The minimum absolute atomic E-state index is 0.0280. The molecule has 1 rings (SSSR count). The van der Waals surface area contributed by atoms with Crippen LogP contribution in [0.25, 0.3) is 0 Å². The van der Waals surface area contributed by atoms with Gasteiger partial charge in [-0.2, -0.15) is 0 Å². The average molecular weight is 213 g/mol. The Kier molecular flexibility index (Phi) is 5.69. The van der Waals surface area contributed by atoms with Gasteiger partial charge in [-0.3, -0.25) is 4.79 Å². The first-order valence-corrected chi connectivity index (χ1v) is 6.15. The number of carbonyl (C=O) groups excluding carboxylic acids is 1. The van der Waals surface area contributed by atoms with E-state index in [0.29, 0.717) is 6.42 Å². The maximum Gasteiger partial charge on any atom is 0.306 e. The summed E-state index contributed by atoms with van der Waals surface area (Å²) < 4.78 is 5.39. The number of esters is 1. The number of carbonyl (C=O) groups is 1. The summed E-state index contributed by atoms with van der Waals surface area (Å²) in [7, 11) is 0. The summed E-state index contributed by atoms with van der Waals surface area (Å²) in [5.41, 5.74) is 5.53. The molecule has 1 aliphatic carbocycles. The van der Waals surface area contributed by atoms with Gasteiger partial charge in [0.05, 0.1) is 0 Å². The van der Waals surface area contributed by atoms with Gasteiger partial charge in [-0.25, -0.2) is 0 Å². The molecule has 0 saturated heterocycles. The van der Waals surface area contributed by atoms with Crippen molar-refractivity contribution in [2.75, 3.05) is 6.54 Å². The lowest BCUT2D eigenvalue weighted by Crippen LogP contribution is -2.25. The van der Waals surface area contributed by atoms with Crippen molar-refractivity contribution in [1.82, 2.24) is 0 Å². The van der Waals surface area contributed by atoms with Crippen LogP contribution in [0.15, 0.2) is 0 Å². The van der Waals surface area contributed by atoms with Gasteiger partial charge < -0.3 is 10.5 Å². The van der Waals surface area contributed by atoms with E-state index in [1.165, 1.54) is 12.8 Å². The van der Waals surface area contributed by atoms with Crippen LogP contribution in [0.4, 0.5) is 0 Å². The van der Waals surface area contributed by atoms with Crippen LogP contribution in [0, 0.1) is 5.92 Å². The highest BCUT2D eigenvalue weighted by molar-refractivity contribution is 5.69. The van der Waals surface area contributed by atoms with Gasteiger partial charge in [0, 0.05) is 6.42 Å². The molecule has 2 N–H and O–H groups in total. The molecule has 0 amide bonds. The number of nitrogens with two attached hydrogens (primary N) is 1. The topological polar surface area (TPSA) is 52.3 Å².